The van der Waals surface area contributed by atoms with Crippen molar-refractivity contribution in [3.63, 3.8) is 0 Å². The fraction of sp³-hybridized carbons (Fsp3) is 0.333. The summed E-state index contributed by atoms with van der Waals surface area (Å²) in [6.07, 6.45) is 2.28. The highest BCUT2D eigenvalue weighted by Crippen LogP contribution is 2.46. The molecular weight excluding hydrogens is 328 g/mol. The number of carboxylic acid groups (broad SMARTS) is 1. The maximum atomic E-state index is 12.5. The predicted octanol–water partition coefficient (Wildman–Crippen LogP) is 4.18. The Balaban J connectivity index is 1.44. The van der Waals surface area contributed by atoms with Gasteiger partial charge in [-0.15, -0.1) is 0 Å². The van der Waals surface area contributed by atoms with Crippen molar-refractivity contribution in [2.75, 3.05) is 11.9 Å². The Labute approximate surface area is 152 Å². The molecule has 0 aromatic heterocycles. The third kappa shape index (κ3) is 3.72. The average Bonchev–Trinajstić information content (AvgIpc) is 3.54. The van der Waals surface area contributed by atoms with E-state index in [2.05, 4.69) is 5.32 Å². The number of para-hydroxylation sites is 1. The van der Waals surface area contributed by atoms with Crippen LogP contribution < -0.4 is 5.32 Å². The zero-order chi connectivity index (χ0) is 18.1. The molecule has 2 amide bonds. The summed E-state index contributed by atoms with van der Waals surface area (Å²) in [6, 6.07) is 16.9. The third-order valence-corrected chi connectivity index (χ3v) is 5.16. The summed E-state index contributed by atoms with van der Waals surface area (Å²) in [7, 11) is 0. The van der Waals surface area contributed by atoms with Gasteiger partial charge in [-0.05, 0) is 55.0 Å². The molecule has 0 saturated heterocycles. The molecule has 2 unspecified atom stereocenters. The first-order valence-corrected chi connectivity index (χ1v) is 9.08. The fourth-order valence-electron chi connectivity index (χ4n) is 3.45. The van der Waals surface area contributed by atoms with E-state index in [1.54, 1.807) is 11.0 Å². The number of hydrogen-bond acceptors (Lipinski definition) is 2. The lowest BCUT2D eigenvalue weighted by molar-refractivity contribution is 0.102. The average molecular weight is 350 g/mol. The Morgan fingerprint density at radius 2 is 1.85 bits per heavy atom. The van der Waals surface area contributed by atoms with Crippen LogP contribution >= 0.6 is 0 Å². The first-order valence-electron chi connectivity index (χ1n) is 9.08. The highest BCUT2D eigenvalue weighted by atomic mass is 16.4. The van der Waals surface area contributed by atoms with Crippen LogP contribution in [0.15, 0.2) is 54.6 Å². The van der Waals surface area contributed by atoms with E-state index in [4.69, 9.17) is 0 Å². The van der Waals surface area contributed by atoms with Crippen LogP contribution in [0.5, 0.6) is 0 Å². The van der Waals surface area contributed by atoms with Gasteiger partial charge in [-0.3, -0.25) is 4.79 Å². The maximum Gasteiger partial charge on any atom is 0.407 e. The van der Waals surface area contributed by atoms with Gasteiger partial charge in [0.2, 0.25) is 0 Å². The molecule has 5 nitrogen and oxygen atoms in total. The number of amides is 2. The molecule has 0 spiro atoms. The molecule has 2 aromatic carbocycles. The number of hydrogen-bond donors (Lipinski definition) is 2. The minimum Gasteiger partial charge on any atom is -0.465 e. The van der Waals surface area contributed by atoms with Gasteiger partial charge in [0.05, 0.1) is 0 Å². The van der Waals surface area contributed by atoms with Crippen LogP contribution in [-0.4, -0.2) is 34.6 Å². The van der Waals surface area contributed by atoms with E-state index in [0.29, 0.717) is 18.0 Å². The highest BCUT2D eigenvalue weighted by molar-refractivity contribution is 6.04. The molecular formula is C21H22N2O3. The van der Waals surface area contributed by atoms with Crippen molar-refractivity contribution in [3.8, 4) is 0 Å². The van der Waals surface area contributed by atoms with Crippen molar-refractivity contribution in [1.82, 2.24) is 4.90 Å². The summed E-state index contributed by atoms with van der Waals surface area (Å²) in [5, 5.41) is 12.4. The van der Waals surface area contributed by atoms with Gasteiger partial charge in [0, 0.05) is 29.8 Å². The van der Waals surface area contributed by atoms with Crippen molar-refractivity contribution in [3.05, 3.63) is 65.7 Å². The van der Waals surface area contributed by atoms with Gasteiger partial charge in [-0.2, -0.15) is 0 Å². The third-order valence-electron chi connectivity index (χ3n) is 5.16. The van der Waals surface area contributed by atoms with Crippen LogP contribution in [0.1, 0.15) is 41.1 Å². The van der Waals surface area contributed by atoms with Crippen molar-refractivity contribution in [1.29, 1.82) is 0 Å². The summed E-state index contributed by atoms with van der Waals surface area (Å²) >= 11 is 0. The molecule has 0 radical (unpaired) electrons. The smallest absolute Gasteiger partial charge is 0.407 e. The molecule has 4 rings (SSSR count). The van der Waals surface area contributed by atoms with Gasteiger partial charge in [0.1, 0.15) is 0 Å². The largest absolute Gasteiger partial charge is 0.465 e. The van der Waals surface area contributed by atoms with Crippen LogP contribution in [-0.2, 0) is 0 Å². The van der Waals surface area contributed by atoms with Gasteiger partial charge < -0.3 is 15.3 Å². The predicted molar refractivity (Wildman–Crippen MR) is 99.4 cm³/mol. The second kappa shape index (κ2) is 6.83. The minimum absolute atomic E-state index is 0.0422. The summed E-state index contributed by atoms with van der Waals surface area (Å²) in [5.74, 6) is 0.577. The molecule has 0 heterocycles. The maximum absolute atomic E-state index is 12.5. The van der Waals surface area contributed by atoms with E-state index in [-0.39, 0.29) is 17.9 Å². The lowest BCUT2D eigenvalue weighted by atomic mass is 10.1. The first kappa shape index (κ1) is 16.6. The molecule has 0 aliphatic heterocycles. The highest BCUT2D eigenvalue weighted by Gasteiger charge is 2.46. The topological polar surface area (TPSA) is 69.6 Å². The fourth-order valence-corrected chi connectivity index (χ4v) is 3.45. The summed E-state index contributed by atoms with van der Waals surface area (Å²) in [4.78, 5) is 25.6. The van der Waals surface area contributed by atoms with Crippen LogP contribution in [0.4, 0.5) is 10.5 Å². The van der Waals surface area contributed by atoms with Crippen molar-refractivity contribution >= 4 is 17.7 Å². The number of carbonyl (C=O) groups excluding carboxylic acids is 1. The lowest BCUT2D eigenvalue weighted by Crippen LogP contribution is -2.34. The standard InChI is InChI=1S/C21H22N2O3/c24-20(22-17-7-2-1-3-8-17)16-6-4-5-15(11-16)18-12-19(18)23(21(25)26)13-14-9-10-14/h1-8,11,14,18-19H,9-10,12-13H2,(H,22,24)(H,25,26). The molecule has 26 heavy (non-hydrogen) atoms. The van der Waals surface area contributed by atoms with Crippen molar-refractivity contribution in [2.45, 2.75) is 31.2 Å². The molecule has 2 aromatic rings. The van der Waals surface area contributed by atoms with Crippen LogP contribution in [0.2, 0.25) is 0 Å². The Morgan fingerprint density at radius 1 is 1.08 bits per heavy atom. The van der Waals surface area contributed by atoms with E-state index in [1.807, 2.05) is 48.5 Å². The van der Waals surface area contributed by atoms with E-state index in [0.717, 1.165) is 30.5 Å². The zero-order valence-electron chi connectivity index (χ0n) is 14.5. The molecule has 2 aliphatic carbocycles. The SMILES string of the molecule is O=C(Nc1ccccc1)c1cccc(C2CC2N(CC2CC2)C(=O)O)c1. The summed E-state index contributed by atoms with van der Waals surface area (Å²) in [5.41, 5.74) is 2.40. The Bertz CT molecular complexity index is 817. The van der Waals surface area contributed by atoms with Crippen LogP contribution in [0.25, 0.3) is 0 Å². The molecule has 5 heteroatoms. The molecule has 2 atom stereocenters. The van der Waals surface area contributed by atoms with E-state index in [1.165, 1.54) is 0 Å². The Morgan fingerprint density at radius 3 is 2.54 bits per heavy atom. The molecule has 2 N–H and O–H groups in total. The van der Waals surface area contributed by atoms with E-state index in [9.17, 15) is 14.7 Å². The number of benzene rings is 2. The van der Waals surface area contributed by atoms with E-state index >= 15 is 0 Å². The zero-order valence-corrected chi connectivity index (χ0v) is 14.5. The number of nitrogens with one attached hydrogen (secondary N) is 1. The van der Waals surface area contributed by atoms with Crippen molar-refractivity contribution < 1.29 is 14.7 Å². The lowest BCUT2D eigenvalue weighted by Gasteiger charge is -2.19. The van der Waals surface area contributed by atoms with Gasteiger partial charge in [0.15, 0.2) is 0 Å². The van der Waals surface area contributed by atoms with E-state index < -0.39 is 6.09 Å². The second-order valence-corrected chi connectivity index (χ2v) is 7.23. The first-order chi connectivity index (χ1) is 12.6. The molecule has 0 bridgehead atoms. The molecule has 2 saturated carbocycles. The number of carbonyl (C=O) groups is 2. The van der Waals surface area contributed by atoms with Gasteiger partial charge >= 0.3 is 6.09 Å². The van der Waals surface area contributed by atoms with Crippen molar-refractivity contribution in [2.24, 2.45) is 5.92 Å². The quantitative estimate of drug-likeness (QED) is 0.821. The van der Waals surface area contributed by atoms with Gasteiger partial charge in [-0.25, -0.2) is 4.79 Å². The number of rotatable bonds is 6. The summed E-state index contributed by atoms with van der Waals surface area (Å²) in [6.45, 7) is 0.644. The monoisotopic (exact) mass is 350 g/mol. The van der Waals surface area contributed by atoms with Gasteiger partial charge in [0.25, 0.3) is 5.91 Å². The molecule has 2 fully saturated rings. The molecule has 2 aliphatic rings. The number of anilines is 1. The Hall–Kier alpha value is -2.82. The number of nitrogens with zero attached hydrogens (tertiary/aromatic N) is 1. The van der Waals surface area contributed by atoms with Crippen LogP contribution in [0, 0.1) is 5.92 Å². The molecule has 134 valence electrons. The minimum atomic E-state index is -0.831. The van der Waals surface area contributed by atoms with Gasteiger partial charge in [-0.1, -0.05) is 30.3 Å². The Kier molecular flexibility index (Phi) is 4.37. The normalized spacial score (nSPS) is 21.1. The summed E-state index contributed by atoms with van der Waals surface area (Å²) < 4.78 is 0. The second-order valence-electron chi connectivity index (χ2n) is 7.23. The van der Waals surface area contributed by atoms with Crippen LogP contribution in [0.3, 0.4) is 0 Å².